The predicted octanol–water partition coefficient (Wildman–Crippen LogP) is 1.50. The highest BCUT2D eigenvalue weighted by Crippen LogP contribution is 2.17. The van der Waals surface area contributed by atoms with Gasteiger partial charge in [0.05, 0.1) is 10.9 Å². The van der Waals surface area contributed by atoms with E-state index in [2.05, 4.69) is 23.1 Å². The van der Waals surface area contributed by atoms with E-state index < -0.39 is 11.2 Å². The molecule has 80 valence electrons. The molecular formula is C12H10N2O2. The van der Waals surface area contributed by atoms with Crippen LogP contribution in [0.15, 0.2) is 34.9 Å². The molecule has 0 atom stereocenters. The summed E-state index contributed by atoms with van der Waals surface area (Å²) in [6, 6.07) is 3.38. The number of rotatable bonds is 2. The van der Waals surface area contributed by atoms with Crippen molar-refractivity contribution in [1.82, 2.24) is 9.97 Å². The number of hydrogen-bond donors (Lipinski definition) is 2. The van der Waals surface area contributed by atoms with E-state index in [-0.39, 0.29) is 0 Å². The second-order valence-corrected chi connectivity index (χ2v) is 3.34. The fraction of sp³-hybridized carbons (Fsp3) is 0. The van der Waals surface area contributed by atoms with Crippen LogP contribution in [0.25, 0.3) is 23.1 Å². The Kier molecular flexibility index (Phi) is 2.32. The molecule has 4 heteroatoms. The van der Waals surface area contributed by atoms with Crippen LogP contribution in [-0.2, 0) is 0 Å². The van der Waals surface area contributed by atoms with Gasteiger partial charge in [-0.3, -0.25) is 9.78 Å². The van der Waals surface area contributed by atoms with E-state index in [1.54, 1.807) is 24.3 Å². The van der Waals surface area contributed by atoms with E-state index in [4.69, 9.17) is 0 Å². The second kappa shape index (κ2) is 3.66. The third kappa shape index (κ3) is 1.50. The van der Waals surface area contributed by atoms with Crippen LogP contribution in [0.1, 0.15) is 11.1 Å². The minimum atomic E-state index is -0.515. The topological polar surface area (TPSA) is 65.7 Å². The summed E-state index contributed by atoms with van der Waals surface area (Å²) in [7, 11) is 0. The zero-order chi connectivity index (χ0) is 11.7. The van der Waals surface area contributed by atoms with E-state index in [0.717, 1.165) is 11.1 Å². The number of fused-ring (bicyclic) bond motifs is 1. The normalized spacial score (nSPS) is 10.2. The lowest BCUT2D eigenvalue weighted by atomic mass is 10.0. The van der Waals surface area contributed by atoms with Crippen molar-refractivity contribution in [3.8, 4) is 0 Å². The molecule has 0 saturated carbocycles. The van der Waals surface area contributed by atoms with Gasteiger partial charge in [-0.2, -0.15) is 0 Å². The average Bonchev–Trinajstić information content (AvgIpc) is 2.27. The summed E-state index contributed by atoms with van der Waals surface area (Å²) in [5, 5.41) is 0.431. The van der Waals surface area contributed by atoms with Crippen LogP contribution >= 0.6 is 0 Å². The Morgan fingerprint density at radius 1 is 1.00 bits per heavy atom. The molecule has 2 aromatic rings. The summed E-state index contributed by atoms with van der Waals surface area (Å²) in [5.41, 5.74) is 1.20. The van der Waals surface area contributed by atoms with Crippen molar-refractivity contribution in [3.05, 3.63) is 57.3 Å². The molecule has 0 aliphatic rings. The van der Waals surface area contributed by atoms with Gasteiger partial charge in [-0.15, -0.1) is 0 Å². The largest absolute Gasteiger partial charge is 0.326 e. The maximum absolute atomic E-state index is 11.5. The first kappa shape index (κ1) is 10.2. The van der Waals surface area contributed by atoms with Crippen LogP contribution in [0.4, 0.5) is 0 Å². The Labute approximate surface area is 91.0 Å². The molecule has 0 unspecified atom stereocenters. The highest BCUT2D eigenvalue weighted by atomic mass is 16.2. The minimum Gasteiger partial charge on any atom is -0.307 e. The van der Waals surface area contributed by atoms with Gasteiger partial charge in [0.25, 0.3) is 5.56 Å². The number of aromatic nitrogens is 2. The van der Waals surface area contributed by atoms with Crippen LogP contribution < -0.4 is 11.2 Å². The third-order valence-electron chi connectivity index (χ3n) is 2.38. The quantitative estimate of drug-likeness (QED) is 0.795. The van der Waals surface area contributed by atoms with Crippen LogP contribution in [-0.4, -0.2) is 9.97 Å². The number of aromatic amines is 2. The molecule has 0 saturated heterocycles. The molecular weight excluding hydrogens is 204 g/mol. The first-order valence-corrected chi connectivity index (χ1v) is 4.71. The molecule has 0 spiro atoms. The lowest BCUT2D eigenvalue weighted by Crippen LogP contribution is -2.21. The van der Waals surface area contributed by atoms with Gasteiger partial charge in [-0.25, -0.2) is 4.79 Å². The minimum absolute atomic E-state index is 0.405. The van der Waals surface area contributed by atoms with Gasteiger partial charge in [0.1, 0.15) is 0 Å². The van der Waals surface area contributed by atoms with Gasteiger partial charge in [0.15, 0.2) is 0 Å². The van der Waals surface area contributed by atoms with Crippen LogP contribution in [0, 0.1) is 0 Å². The van der Waals surface area contributed by atoms with Crippen LogP contribution in [0.3, 0.4) is 0 Å². The van der Waals surface area contributed by atoms with Crippen molar-refractivity contribution in [2.45, 2.75) is 0 Å². The molecule has 0 aliphatic carbocycles. The van der Waals surface area contributed by atoms with Crippen molar-refractivity contribution in [2.24, 2.45) is 0 Å². The van der Waals surface area contributed by atoms with Crippen molar-refractivity contribution in [3.63, 3.8) is 0 Å². The fourth-order valence-corrected chi connectivity index (χ4v) is 1.60. The van der Waals surface area contributed by atoms with Gasteiger partial charge in [0.2, 0.25) is 0 Å². The van der Waals surface area contributed by atoms with E-state index in [9.17, 15) is 9.59 Å². The molecule has 0 aliphatic heterocycles. The van der Waals surface area contributed by atoms with E-state index >= 15 is 0 Å². The zero-order valence-electron chi connectivity index (χ0n) is 8.54. The zero-order valence-corrected chi connectivity index (χ0v) is 8.54. The molecule has 0 bridgehead atoms. The molecule has 4 nitrogen and oxygen atoms in total. The molecule has 0 amide bonds. The van der Waals surface area contributed by atoms with Gasteiger partial charge in [-0.05, 0) is 23.3 Å². The second-order valence-electron chi connectivity index (χ2n) is 3.34. The monoisotopic (exact) mass is 214 g/mol. The molecule has 2 N–H and O–H groups in total. The van der Waals surface area contributed by atoms with Crippen molar-refractivity contribution < 1.29 is 0 Å². The smallest absolute Gasteiger partial charge is 0.307 e. The SMILES string of the molecule is C=Cc1cc2[nH]c(=O)[nH]c(=O)c2cc1C=C. The maximum atomic E-state index is 11.5. The number of benzene rings is 1. The Morgan fingerprint density at radius 2 is 1.62 bits per heavy atom. The lowest BCUT2D eigenvalue weighted by molar-refractivity contribution is 1.08. The number of nitrogens with one attached hydrogen (secondary N) is 2. The van der Waals surface area contributed by atoms with Crippen molar-refractivity contribution in [1.29, 1.82) is 0 Å². The summed E-state index contributed by atoms with van der Waals surface area (Å²) in [4.78, 5) is 27.4. The highest BCUT2D eigenvalue weighted by Gasteiger charge is 2.04. The third-order valence-corrected chi connectivity index (χ3v) is 2.38. The van der Waals surface area contributed by atoms with Crippen molar-refractivity contribution in [2.75, 3.05) is 0 Å². The first-order valence-electron chi connectivity index (χ1n) is 4.71. The van der Waals surface area contributed by atoms with Gasteiger partial charge in [-0.1, -0.05) is 25.3 Å². The van der Waals surface area contributed by atoms with Gasteiger partial charge >= 0.3 is 5.69 Å². The molecule has 1 aromatic heterocycles. The summed E-state index contributed by atoms with van der Waals surface area (Å²) in [5.74, 6) is 0. The molecule has 1 heterocycles. The summed E-state index contributed by atoms with van der Waals surface area (Å²) in [6.07, 6.45) is 3.29. The number of H-pyrrole nitrogens is 2. The molecule has 16 heavy (non-hydrogen) atoms. The van der Waals surface area contributed by atoms with E-state index in [0.29, 0.717) is 10.9 Å². The highest BCUT2D eigenvalue weighted by molar-refractivity contribution is 5.84. The molecule has 0 radical (unpaired) electrons. The fourth-order valence-electron chi connectivity index (χ4n) is 1.60. The number of hydrogen-bond acceptors (Lipinski definition) is 2. The van der Waals surface area contributed by atoms with Crippen LogP contribution in [0.2, 0.25) is 0 Å². The Bertz CT molecular complexity index is 692. The standard InChI is InChI=1S/C12H10N2O2/c1-3-7-5-9-10(6-8(7)4-2)13-12(16)14-11(9)15/h3-6H,1-2H2,(H2,13,14,15,16). The maximum Gasteiger partial charge on any atom is 0.326 e. The Hall–Kier alpha value is -2.36. The molecule has 2 rings (SSSR count). The average molecular weight is 214 g/mol. The van der Waals surface area contributed by atoms with E-state index in [1.807, 2.05) is 0 Å². The predicted molar refractivity (Wildman–Crippen MR) is 65.4 cm³/mol. The summed E-state index contributed by atoms with van der Waals surface area (Å²) < 4.78 is 0. The Balaban J connectivity index is 2.99. The van der Waals surface area contributed by atoms with E-state index in [1.165, 1.54) is 0 Å². The molecule has 1 aromatic carbocycles. The van der Waals surface area contributed by atoms with Gasteiger partial charge < -0.3 is 4.98 Å². The van der Waals surface area contributed by atoms with Gasteiger partial charge in [0, 0.05) is 0 Å². The summed E-state index contributed by atoms with van der Waals surface area (Å²) >= 11 is 0. The Morgan fingerprint density at radius 3 is 2.25 bits per heavy atom. The lowest BCUT2D eigenvalue weighted by Gasteiger charge is -2.03. The van der Waals surface area contributed by atoms with Crippen molar-refractivity contribution >= 4 is 23.1 Å². The molecule has 0 fully saturated rings. The first-order chi connectivity index (χ1) is 7.65. The summed E-state index contributed by atoms with van der Waals surface area (Å²) in [6.45, 7) is 7.33. The van der Waals surface area contributed by atoms with Crippen LogP contribution in [0.5, 0.6) is 0 Å².